The minimum atomic E-state index is -4.52. The van der Waals surface area contributed by atoms with E-state index in [-0.39, 0.29) is 11.3 Å². The Bertz CT molecular complexity index is 1030. The molecule has 1 N–H and O–H groups in total. The number of hydrogen-bond donors (Lipinski definition) is 1. The van der Waals surface area contributed by atoms with E-state index < -0.39 is 40.6 Å². The van der Waals surface area contributed by atoms with Crippen LogP contribution in [-0.2, 0) is 15.8 Å². The molecule has 1 unspecified atom stereocenters. The van der Waals surface area contributed by atoms with Crippen molar-refractivity contribution in [1.29, 1.82) is 0 Å². The maximum atomic E-state index is 13.1. The second-order valence-electron chi connectivity index (χ2n) is 8.32. The summed E-state index contributed by atoms with van der Waals surface area (Å²) in [5, 5.41) is 10.6. The molecule has 1 heterocycles. The summed E-state index contributed by atoms with van der Waals surface area (Å²) in [6, 6.07) is 10.2. The van der Waals surface area contributed by atoms with E-state index in [1.54, 1.807) is 52.0 Å². The number of anilines is 1. The molecule has 1 aliphatic heterocycles. The number of carbonyl (C=O) groups is 2. The third-order valence-electron chi connectivity index (χ3n) is 5.09. The van der Waals surface area contributed by atoms with Gasteiger partial charge in [-0.3, -0.25) is 14.5 Å². The number of benzene rings is 2. The molecule has 0 saturated carbocycles. The highest BCUT2D eigenvalue weighted by atomic mass is 19.4. The van der Waals surface area contributed by atoms with Crippen LogP contribution in [0.25, 0.3) is 0 Å². The molecule has 2 aromatic carbocycles. The van der Waals surface area contributed by atoms with Gasteiger partial charge in [-0.2, -0.15) is 13.2 Å². The summed E-state index contributed by atoms with van der Waals surface area (Å²) in [5.74, 6) is -1.91. The van der Waals surface area contributed by atoms with Crippen LogP contribution in [-0.4, -0.2) is 16.8 Å². The van der Waals surface area contributed by atoms with E-state index in [4.69, 9.17) is 0 Å². The van der Waals surface area contributed by atoms with Gasteiger partial charge in [-0.25, -0.2) is 0 Å². The summed E-state index contributed by atoms with van der Waals surface area (Å²) in [6.45, 7) is 6.83. The van der Waals surface area contributed by atoms with Crippen molar-refractivity contribution >= 4 is 17.4 Å². The number of ketones is 1. The summed E-state index contributed by atoms with van der Waals surface area (Å²) < 4.78 is 38.9. The predicted molar refractivity (Wildman–Crippen MR) is 107 cm³/mol. The van der Waals surface area contributed by atoms with Crippen molar-refractivity contribution in [3.05, 3.63) is 76.6 Å². The van der Waals surface area contributed by atoms with Crippen LogP contribution >= 0.6 is 0 Å². The van der Waals surface area contributed by atoms with Gasteiger partial charge in [0.15, 0.2) is 11.5 Å². The molecule has 1 aliphatic rings. The topological polar surface area (TPSA) is 57.6 Å². The Labute approximate surface area is 172 Å². The quantitative estimate of drug-likeness (QED) is 0.715. The number of hydrogen-bond acceptors (Lipinski definition) is 3. The maximum absolute atomic E-state index is 13.1. The number of amides is 1. The van der Waals surface area contributed by atoms with Crippen LogP contribution < -0.4 is 4.90 Å². The summed E-state index contributed by atoms with van der Waals surface area (Å²) in [7, 11) is 0. The molecule has 1 amide bonds. The molecule has 0 bridgehead atoms. The van der Waals surface area contributed by atoms with E-state index in [2.05, 4.69) is 0 Å². The first-order chi connectivity index (χ1) is 13.8. The van der Waals surface area contributed by atoms with E-state index in [0.29, 0.717) is 5.56 Å². The van der Waals surface area contributed by atoms with Crippen molar-refractivity contribution in [2.24, 2.45) is 5.41 Å². The molecule has 1 atom stereocenters. The van der Waals surface area contributed by atoms with E-state index in [9.17, 15) is 27.9 Å². The lowest BCUT2D eigenvalue weighted by molar-refractivity contribution is -0.137. The van der Waals surface area contributed by atoms with Crippen LogP contribution in [0.5, 0.6) is 0 Å². The van der Waals surface area contributed by atoms with Crippen LogP contribution in [0.1, 0.15) is 43.5 Å². The number of aliphatic hydroxyl groups is 1. The van der Waals surface area contributed by atoms with E-state index in [0.717, 1.165) is 17.7 Å². The van der Waals surface area contributed by atoms with E-state index in [1.165, 1.54) is 17.0 Å². The zero-order valence-electron chi connectivity index (χ0n) is 17.0. The van der Waals surface area contributed by atoms with Gasteiger partial charge in [0.1, 0.15) is 0 Å². The normalized spacial score (nSPS) is 17.6. The van der Waals surface area contributed by atoms with Gasteiger partial charge < -0.3 is 5.11 Å². The summed E-state index contributed by atoms with van der Waals surface area (Å²) in [4.78, 5) is 27.3. The van der Waals surface area contributed by atoms with Crippen molar-refractivity contribution in [3.8, 4) is 0 Å². The van der Waals surface area contributed by atoms with Crippen molar-refractivity contribution in [2.45, 2.75) is 39.9 Å². The second kappa shape index (κ2) is 7.31. The Morgan fingerprint density at radius 3 is 2.07 bits per heavy atom. The number of aliphatic hydroxyl groups excluding tert-OH is 1. The van der Waals surface area contributed by atoms with Crippen LogP contribution in [0.4, 0.5) is 18.9 Å². The molecule has 158 valence electrons. The number of Topliss-reactive ketones (excluding diaryl/α,β-unsaturated/α-hetero) is 1. The fraction of sp³-hybridized carbons (Fsp3) is 0.304. The van der Waals surface area contributed by atoms with Gasteiger partial charge in [-0.05, 0) is 42.3 Å². The maximum Gasteiger partial charge on any atom is 0.416 e. The van der Waals surface area contributed by atoms with Crippen LogP contribution in [0, 0.1) is 12.3 Å². The lowest BCUT2D eigenvalue weighted by Gasteiger charge is -2.30. The standard InChI is InChI=1S/C23H22F3NO3/c1-13-7-5-6-8-16(13)18-17(20(29)22(2,3)4)19(28)21(30)27(18)15-11-9-14(10-12-15)23(24,25)26/h5-12,18,28H,1-4H3. The number of carbonyl (C=O) groups excluding carboxylic acids is 2. The molecule has 2 aromatic rings. The number of aryl methyl sites for hydroxylation is 1. The SMILES string of the molecule is Cc1ccccc1C1C(C(=O)C(C)(C)C)=C(O)C(=O)N1c1ccc(C(F)(F)F)cc1. The van der Waals surface area contributed by atoms with Crippen molar-refractivity contribution in [3.63, 3.8) is 0 Å². The second-order valence-corrected chi connectivity index (χ2v) is 8.32. The average Bonchev–Trinajstić information content (AvgIpc) is 2.91. The van der Waals surface area contributed by atoms with Gasteiger partial charge in [0.25, 0.3) is 5.91 Å². The molecule has 0 aromatic heterocycles. The van der Waals surface area contributed by atoms with Gasteiger partial charge >= 0.3 is 6.18 Å². The average molecular weight is 417 g/mol. The Balaban J connectivity index is 2.19. The Morgan fingerprint density at radius 2 is 1.57 bits per heavy atom. The van der Waals surface area contributed by atoms with Gasteiger partial charge in [-0.15, -0.1) is 0 Å². The van der Waals surface area contributed by atoms with Crippen molar-refractivity contribution in [2.75, 3.05) is 4.90 Å². The lowest BCUT2D eigenvalue weighted by Crippen LogP contribution is -2.33. The molecule has 0 radical (unpaired) electrons. The molecular weight excluding hydrogens is 395 g/mol. The summed E-state index contributed by atoms with van der Waals surface area (Å²) >= 11 is 0. The first-order valence-corrected chi connectivity index (χ1v) is 9.38. The zero-order valence-corrected chi connectivity index (χ0v) is 17.0. The van der Waals surface area contributed by atoms with E-state index >= 15 is 0 Å². The number of alkyl halides is 3. The number of halogens is 3. The van der Waals surface area contributed by atoms with Crippen molar-refractivity contribution < 1.29 is 27.9 Å². The minimum absolute atomic E-state index is 0.0540. The van der Waals surface area contributed by atoms with E-state index in [1.807, 2.05) is 0 Å². The van der Waals surface area contributed by atoms with Gasteiger partial charge in [0, 0.05) is 11.1 Å². The largest absolute Gasteiger partial charge is 0.503 e. The summed E-state index contributed by atoms with van der Waals surface area (Å²) in [5.41, 5.74) is -0.232. The molecule has 30 heavy (non-hydrogen) atoms. The van der Waals surface area contributed by atoms with Gasteiger partial charge in [-0.1, -0.05) is 45.0 Å². The smallest absolute Gasteiger partial charge is 0.416 e. The molecule has 0 spiro atoms. The van der Waals surface area contributed by atoms with Gasteiger partial charge in [0.2, 0.25) is 0 Å². The summed E-state index contributed by atoms with van der Waals surface area (Å²) in [6.07, 6.45) is -4.52. The molecule has 0 fully saturated rings. The van der Waals surface area contributed by atoms with Crippen LogP contribution in [0.2, 0.25) is 0 Å². The Kier molecular flexibility index (Phi) is 5.26. The predicted octanol–water partition coefficient (Wildman–Crippen LogP) is 5.53. The molecule has 0 saturated heterocycles. The Hall–Kier alpha value is -3.09. The number of nitrogens with zero attached hydrogens (tertiary/aromatic N) is 1. The minimum Gasteiger partial charge on any atom is -0.503 e. The zero-order chi connectivity index (χ0) is 22.4. The highest BCUT2D eigenvalue weighted by Crippen LogP contribution is 2.44. The van der Waals surface area contributed by atoms with Gasteiger partial charge in [0.05, 0.1) is 17.2 Å². The number of rotatable bonds is 3. The fourth-order valence-electron chi connectivity index (χ4n) is 3.51. The monoisotopic (exact) mass is 417 g/mol. The van der Waals surface area contributed by atoms with Crippen LogP contribution in [0.3, 0.4) is 0 Å². The molecular formula is C23H22F3NO3. The lowest BCUT2D eigenvalue weighted by atomic mass is 9.81. The fourth-order valence-corrected chi connectivity index (χ4v) is 3.51. The molecule has 0 aliphatic carbocycles. The Morgan fingerprint density at radius 1 is 1.00 bits per heavy atom. The first kappa shape index (κ1) is 21.6. The molecule has 3 rings (SSSR count). The van der Waals surface area contributed by atoms with Crippen LogP contribution in [0.15, 0.2) is 59.9 Å². The van der Waals surface area contributed by atoms with Crippen molar-refractivity contribution in [1.82, 2.24) is 0 Å². The molecule has 7 heteroatoms. The first-order valence-electron chi connectivity index (χ1n) is 9.38. The third-order valence-corrected chi connectivity index (χ3v) is 5.09. The highest BCUT2D eigenvalue weighted by molar-refractivity contribution is 6.17. The third kappa shape index (κ3) is 3.72. The molecule has 4 nitrogen and oxygen atoms in total. The highest BCUT2D eigenvalue weighted by Gasteiger charge is 2.47.